The third-order valence-corrected chi connectivity index (χ3v) is 3.95. The van der Waals surface area contributed by atoms with Crippen LogP contribution in [0.1, 0.15) is 30.1 Å². The van der Waals surface area contributed by atoms with Crippen LogP contribution in [0.3, 0.4) is 0 Å². The van der Waals surface area contributed by atoms with Crippen LogP contribution < -0.4 is 5.32 Å². The van der Waals surface area contributed by atoms with Crippen molar-refractivity contribution in [2.75, 3.05) is 19.8 Å². The number of fused-ring (bicyclic) bond motifs is 1. The summed E-state index contributed by atoms with van der Waals surface area (Å²) in [5.74, 6) is 0. The highest BCUT2D eigenvalue weighted by Gasteiger charge is 2.12. The summed E-state index contributed by atoms with van der Waals surface area (Å²) in [4.78, 5) is 6.92. The first-order valence-electron chi connectivity index (χ1n) is 7.03. The zero-order valence-electron chi connectivity index (χ0n) is 12.6. The molecule has 1 N–H and O–H groups in total. The van der Waals surface area contributed by atoms with E-state index in [0.717, 1.165) is 17.2 Å². The van der Waals surface area contributed by atoms with Crippen LogP contribution in [0.5, 0.6) is 0 Å². The number of ether oxygens (including phenoxy) is 2. The molecule has 2 heterocycles. The molecule has 0 saturated carbocycles. The Kier molecular flexibility index (Phi) is 5.54. The van der Waals surface area contributed by atoms with Gasteiger partial charge in [0.1, 0.15) is 0 Å². The summed E-state index contributed by atoms with van der Waals surface area (Å²) < 4.78 is 13.2. The third kappa shape index (κ3) is 3.58. The molecule has 2 aromatic heterocycles. The summed E-state index contributed by atoms with van der Waals surface area (Å²) in [5, 5.41) is 3.39. The number of hydrogen-bond acceptors (Lipinski definition) is 5. The Morgan fingerprint density at radius 3 is 2.65 bits per heavy atom. The zero-order chi connectivity index (χ0) is 14.5. The van der Waals surface area contributed by atoms with Gasteiger partial charge in [0.05, 0.1) is 11.4 Å². The smallest absolute Gasteiger partial charge is 0.194 e. The lowest BCUT2D eigenvalue weighted by Gasteiger charge is -2.17. The van der Waals surface area contributed by atoms with Crippen molar-refractivity contribution in [1.82, 2.24) is 14.7 Å². The Balaban J connectivity index is 1.96. The fraction of sp³-hybridized carbons (Fsp3) is 0.643. The first kappa shape index (κ1) is 15.4. The van der Waals surface area contributed by atoms with Crippen LogP contribution in [0.2, 0.25) is 0 Å². The van der Waals surface area contributed by atoms with Gasteiger partial charge < -0.3 is 14.8 Å². The van der Waals surface area contributed by atoms with Gasteiger partial charge in [-0.3, -0.25) is 4.40 Å². The molecule has 6 heteroatoms. The van der Waals surface area contributed by atoms with E-state index in [4.69, 9.17) is 9.47 Å². The number of thiazole rings is 1. The summed E-state index contributed by atoms with van der Waals surface area (Å²) in [5.41, 5.74) is 2.28. The van der Waals surface area contributed by atoms with Crippen molar-refractivity contribution < 1.29 is 9.47 Å². The standard InChI is InChI=1S/C14H23N3O2S/c1-5-18-13(19-6-2)8-15-7-12-11(4)16-14-17(12)9-10(3)20-14/h9,13,15H,5-8H2,1-4H3. The van der Waals surface area contributed by atoms with E-state index in [-0.39, 0.29) is 6.29 Å². The van der Waals surface area contributed by atoms with Crippen molar-refractivity contribution >= 4 is 16.3 Å². The molecule has 20 heavy (non-hydrogen) atoms. The van der Waals surface area contributed by atoms with E-state index in [1.54, 1.807) is 11.3 Å². The summed E-state index contributed by atoms with van der Waals surface area (Å²) in [7, 11) is 0. The molecule has 112 valence electrons. The largest absolute Gasteiger partial charge is 0.352 e. The van der Waals surface area contributed by atoms with Crippen LogP contribution in [-0.2, 0) is 16.0 Å². The molecule has 0 aromatic carbocycles. The molecular weight excluding hydrogens is 274 g/mol. The molecule has 2 aromatic rings. The molecule has 0 fully saturated rings. The highest BCUT2D eigenvalue weighted by atomic mass is 32.1. The molecule has 0 aliphatic carbocycles. The summed E-state index contributed by atoms with van der Waals surface area (Å²) >= 11 is 1.72. The number of rotatable bonds is 8. The van der Waals surface area contributed by atoms with Gasteiger partial charge in [-0.2, -0.15) is 0 Å². The molecule has 0 amide bonds. The lowest BCUT2D eigenvalue weighted by atomic mass is 10.3. The second-order valence-corrected chi connectivity index (χ2v) is 5.82. The second-order valence-electron chi connectivity index (χ2n) is 4.61. The Bertz CT molecular complexity index is 544. The second kappa shape index (κ2) is 7.17. The molecule has 0 saturated heterocycles. The van der Waals surface area contributed by atoms with E-state index in [1.807, 2.05) is 13.8 Å². The van der Waals surface area contributed by atoms with Gasteiger partial charge >= 0.3 is 0 Å². The van der Waals surface area contributed by atoms with E-state index in [2.05, 4.69) is 34.7 Å². The van der Waals surface area contributed by atoms with Crippen LogP contribution in [-0.4, -0.2) is 35.4 Å². The van der Waals surface area contributed by atoms with Crippen molar-refractivity contribution in [3.8, 4) is 0 Å². The van der Waals surface area contributed by atoms with Gasteiger partial charge in [0, 0.05) is 37.4 Å². The highest BCUT2D eigenvalue weighted by molar-refractivity contribution is 7.17. The fourth-order valence-corrected chi connectivity index (χ4v) is 3.06. The molecular formula is C14H23N3O2S. The van der Waals surface area contributed by atoms with Crippen molar-refractivity contribution in [3.63, 3.8) is 0 Å². The van der Waals surface area contributed by atoms with Gasteiger partial charge in [0.25, 0.3) is 0 Å². The van der Waals surface area contributed by atoms with Crippen LogP contribution >= 0.6 is 11.3 Å². The summed E-state index contributed by atoms with van der Waals surface area (Å²) in [6.07, 6.45) is 1.96. The average Bonchev–Trinajstić information content (AvgIpc) is 2.87. The molecule has 0 unspecified atom stereocenters. The highest BCUT2D eigenvalue weighted by Crippen LogP contribution is 2.20. The molecule has 0 radical (unpaired) electrons. The quantitative estimate of drug-likeness (QED) is 0.761. The SMILES string of the molecule is CCOC(CNCc1c(C)nc2sc(C)cn12)OCC. The van der Waals surface area contributed by atoms with Gasteiger partial charge in [0.2, 0.25) is 0 Å². The molecule has 2 rings (SSSR count). The lowest BCUT2D eigenvalue weighted by Crippen LogP contribution is -2.31. The lowest BCUT2D eigenvalue weighted by molar-refractivity contribution is -0.133. The van der Waals surface area contributed by atoms with Gasteiger partial charge in [-0.15, -0.1) is 11.3 Å². The molecule has 0 atom stereocenters. The van der Waals surface area contributed by atoms with E-state index < -0.39 is 0 Å². The zero-order valence-corrected chi connectivity index (χ0v) is 13.4. The third-order valence-electron chi connectivity index (χ3n) is 3.05. The van der Waals surface area contributed by atoms with Gasteiger partial charge in [0.15, 0.2) is 11.3 Å². The minimum atomic E-state index is -0.182. The van der Waals surface area contributed by atoms with E-state index in [0.29, 0.717) is 19.8 Å². The van der Waals surface area contributed by atoms with Gasteiger partial charge in [-0.05, 0) is 27.7 Å². The molecule has 5 nitrogen and oxygen atoms in total. The molecule has 0 aliphatic heterocycles. The number of nitrogens with one attached hydrogen (secondary N) is 1. The Hall–Kier alpha value is -0.950. The first-order valence-corrected chi connectivity index (χ1v) is 7.85. The molecule has 0 aliphatic rings. The van der Waals surface area contributed by atoms with Crippen molar-refractivity contribution in [3.05, 3.63) is 22.5 Å². The fourth-order valence-electron chi connectivity index (χ4n) is 2.17. The maximum Gasteiger partial charge on any atom is 0.194 e. The Morgan fingerprint density at radius 2 is 2.00 bits per heavy atom. The van der Waals surface area contributed by atoms with Crippen LogP contribution in [0.4, 0.5) is 0 Å². The Morgan fingerprint density at radius 1 is 1.30 bits per heavy atom. The molecule has 0 bridgehead atoms. The molecule has 0 spiro atoms. The average molecular weight is 297 g/mol. The topological polar surface area (TPSA) is 47.8 Å². The number of hydrogen-bond donors (Lipinski definition) is 1. The predicted octanol–water partition coefficient (Wildman–Crippen LogP) is 2.50. The van der Waals surface area contributed by atoms with Crippen molar-refractivity contribution in [2.45, 2.75) is 40.5 Å². The van der Waals surface area contributed by atoms with E-state index >= 15 is 0 Å². The number of aromatic nitrogens is 2. The normalized spacial score (nSPS) is 11.8. The van der Waals surface area contributed by atoms with Crippen LogP contribution in [0.15, 0.2) is 6.20 Å². The number of nitrogens with zero attached hydrogens (tertiary/aromatic N) is 2. The van der Waals surface area contributed by atoms with Crippen LogP contribution in [0, 0.1) is 13.8 Å². The first-order chi connectivity index (χ1) is 9.65. The minimum absolute atomic E-state index is 0.182. The number of imidazole rings is 1. The Labute approximate surface area is 123 Å². The van der Waals surface area contributed by atoms with Crippen molar-refractivity contribution in [1.29, 1.82) is 0 Å². The monoisotopic (exact) mass is 297 g/mol. The minimum Gasteiger partial charge on any atom is -0.352 e. The van der Waals surface area contributed by atoms with E-state index in [9.17, 15) is 0 Å². The maximum absolute atomic E-state index is 5.52. The van der Waals surface area contributed by atoms with Gasteiger partial charge in [-0.1, -0.05) is 0 Å². The van der Waals surface area contributed by atoms with Crippen LogP contribution in [0.25, 0.3) is 4.96 Å². The summed E-state index contributed by atoms with van der Waals surface area (Å²) in [6, 6.07) is 0. The van der Waals surface area contributed by atoms with Gasteiger partial charge in [-0.25, -0.2) is 4.98 Å². The summed E-state index contributed by atoms with van der Waals surface area (Å²) in [6.45, 7) is 10.9. The predicted molar refractivity (Wildman–Crippen MR) is 81.3 cm³/mol. The maximum atomic E-state index is 5.52. The van der Waals surface area contributed by atoms with Crippen molar-refractivity contribution in [2.24, 2.45) is 0 Å². The number of aryl methyl sites for hydroxylation is 2. The van der Waals surface area contributed by atoms with E-state index in [1.165, 1.54) is 10.6 Å².